The first-order valence-electron chi connectivity index (χ1n) is 9.13. The van der Waals surface area contributed by atoms with Gasteiger partial charge in [0.2, 0.25) is 10.0 Å². The van der Waals surface area contributed by atoms with Crippen LogP contribution in [0.15, 0.2) is 65.6 Å². The van der Waals surface area contributed by atoms with Crippen LogP contribution in [0.4, 0.5) is 4.39 Å². The van der Waals surface area contributed by atoms with Crippen molar-refractivity contribution in [2.24, 2.45) is 0 Å². The van der Waals surface area contributed by atoms with E-state index in [0.29, 0.717) is 0 Å². The van der Waals surface area contributed by atoms with E-state index in [1.54, 1.807) is 12.1 Å². The van der Waals surface area contributed by atoms with Gasteiger partial charge in [-0.2, -0.15) is 4.31 Å². The summed E-state index contributed by atoms with van der Waals surface area (Å²) < 4.78 is 40.5. The number of nitrogens with zero attached hydrogens (tertiary/aromatic N) is 2. The zero-order valence-corrected chi connectivity index (χ0v) is 16.3. The lowest BCUT2D eigenvalue weighted by molar-refractivity contribution is 0.0695. The number of phenols is 1. The van der Waals surface area contributed by atoms with E-state index in [1.165, 1.54) is 27.4 Å². The number of sulfonamides is 1. The van der Waals surface area contributed by atoms with E-state index in [1.807, 2.05) is 24.3 Å². The molecule has 3 aromatic carbocycles. The van der Waals surface area contributed by atoms with E-state index < -0.39 is 15.8 Å². The lowest BCUT2D eigenvalue weighted by Gasteiger charge is -2.34. The first-order chi connectivity index (χ1) is 13.9. The number of benzene rings is 3. The summed E-state index contributed by atoms with van der Waals surface area (Å²) in [6.45, 7) is 0.408. The molecule has 4 rings (SSSR count). The van der Waals surface area contributed by atoms with Crippen LogP contribution in [0.1, 0.15) is 10.4 Å². The van der Waals surface area contributed by atoms with Gasteiger partial charge in [0.05, 0.1) is 5.56 Å². The summed E-state index contributed by atoms with van der Waals surface area (Å²) >= 11 is 0. The molecule has 1 aliphatic rings. The molecule has 1 heterocycles. The molecule has 1 amide bonds. The van der Waals surface area contributed by atoms with Crippen molar-refractivity contribution in [3.05, 3.63) is 72.0 Å². The summed E-state index contributed by atoms with van der Waals surface area (Å²) in [5.74, 6) is -1.28. The fourth-order valence-corrected chi connectivity index (χ4v) is 4.98. The Morgan fingerprint density at radius 2 is 1.48 bits per heavy atom. The fraction of sp³-hybridized carbons (Fsp3) is 0.190. The van der Waals surface area contributed by atoms with E-state index in [4.69, 9.17) is 0 Å². The van der Waals surface area contributed by atoms with E-state index in [2.05, 4.69) is 0 Å². The molecule has 0 radical (unpaired) electrons. The number of amides is 1. The number of rotatable bonds is 3. The third-order valence-corrected chi connectivity index (χ3v) is 7.01. The summed E-state index contributed by atoms with van der Waals surface area (Å²) in [7, 11) is -3.97. The molecule has 3 aromatic rings. The summed E-state index contributed by atoms with van der Waals surface area (Å²) in [6.07, 6.45) is 0. The van der Waals surface area contributed by atoms with Gasteiger partial charge in [0, 0.05) is 26.2 Å². The van der Waals surface area contributed by atoms with Crippen LogP contribution in [-0.4, -0.2) is 54.8 Å². The van der Waals surface area contributed by atoms with Gasteiger partial charge in [-0.3, -0.25) is 4.79 Å². The molecule has 150 valence electrons. The van der Waals surface area contributed by atoms with Crippen LogP contribution >= 0.6 is 0 Å². The molecule has 0 unspecified atom stereocenters. The molecule has 1 N–H and O–H groups in total. The molecule has 0 spiro atoms. The Labute approximate surface area is 167 Å². The number of piperazine rings is 1. The van der Waals surface area contributed by atoms with Crippen LogP contribution in [-0.2, 0) is 10.0 Å². The van der Waals surface area contributed by atoms with Crippen LogP contribution < -0.4 is 0 Å². The van der Waals surface area contributed by atoms with Crippen LogP contribution in [0.2, 0.25) is 0 Å². The Hall–Kier alpha value is -2.97. The van der Waals surface area contributed by atoms with Gasteiger partial charge in [0.1, 0.15) is 16.5 Å². The van der Waals surface area contributed by atoms with Gasteiger partial charge in [-0.05, 0) is 35.0 Å². The van der Waals surface area contributed by atoms with Crippen molar-refractivity contribution in [3.63, 3.8) is 0 Å². The van der Waals surface area contributed by atoms with Crippen molar-refractivity contribution < 1.29 is 22.7 Å². The van der Waals surface area contributed by atoms with E-state index >= 15 is 0 Å². The lowest BCUT2D eigenvalue weighted by atomic mass is 10.0. The molecule has 8 heteroatoms. The molecule has 1 saturated heterocycles. The van der Waals surface area contributed by atoms with Gasteiger partial charge in [0.15, 0.2) is 0 Å². The average molecular weight is 414 g/mol. The number of phenolic OH excluding ortho intramolecular Hbond substituents is 1. The van der Waals surface area contributed by atoms with Gasteiger partial charge in [-0.25, -0.2) is 12.8 Å². The molecule has 0 saturated carbocycles. The molecule has 0 atom stereocenters. The molecule has 0 aliphatic carbocycles. The number of halogens is 1. The maximum absolute atomic E-state index is 13.9. The van der Waals surface area contributed by atoms with Gasteiger partial charge in [-0.15, -0.1) is 0 Å². The molecule has 29 heavy (non-hydrogen) atoms. The first-order valence-corrected chi connectivity index (χ1v) is 10.6. The van der Waals surface area contributed by atoms with E-state index in [9.17, 15) is 22.7 Å². The highest BCUT2D eigenvalue weighted by molar-refractivity contribution is 7.89. The van der Waals surface area contributed by atoms with Gasteiger partial charge in [0.25, 0.3) is 5.91 Å². The van der Waals surface area contributed by atoms with Crippen LogP contribution in [0, 0.1) is 5.82 Å². The van der Waals surface area contributed by atoms with Gasteiger partial charge < -0.3 is 10.0 Å². The smallest absolute Gasteiger partial charge is 0.257 e. The number of carbonyl (C=O) groups excluding carboxylic acids is 1. The second kappa shape index (κ2) is 7.46. The van der Waals surface area contributed by atoms with Crippen LogP contribution in [0.25, 0.3) is 10.8 Å². The molecule has 6 nitrogen and oxygen atoms in total. The molecule has 0 aromatic heterocycles. The summed E-state index contributed by atoms with van der Waals surface area (Å²) in [6, 6.07) is 15.8. The highest BCUT2D eigenvalue weighted by Crippen LogP contribution is 2.27. The van der Waals surface area contributed by atoms with Gasteiger partial charge in [-0.1, -0.05) is 36.4 Å². The third-order valence-electron chi connectivity index (χ3n) is 5.07. The Morgan fingerprint density at radius 3 is 2.14 bits per heavy atom. The number of carbonyl (C=O) groups is 1. The van der Waals surface area contributed by atoms with Gasteiger partial charge >= 0.3 is 0 Å². The Morgan fingerprint density at radius 1 is 0.897 bits per heavy atom. The average Bonchev–Trinajstić information content (AvgIpc) is 2.73. The molecule has 0 bridgehead atoms. The minimum absolute atomic E-state index is 0.0523. The Balaban J connectivity index is 1.52. The minimum atomic E-state index is -3.97. The predicted octanol–water partition coefficient (Wildman–Crippen LogP) is 2.83. The highest BCUT2D eigenvalue weighted by atomic mass is 32.2. The van der Waals surface area contributed by atoms with E-state index in [0.717, 1.165) is 16.8 Å². The van der Waals surface area contributed by atoms with Crippen LogP contribution in [0.3, 0.4) is 0 Å². The Bertz CT molecular complexity index is 1190. The standard InChI is InChI=1S/C21H19FN2O4S/c22-18-7-3-4-8-20(18)29(27,28)24-11-9-23(10-12-24)21(26)17-13-15-5-1-2-6-16(15)14-19(17)25/h1-8,13-14,25H,9-12H2. The maximum Gasteiger partial charge on any atom is 0.257 e. The summed E-state index contributed by atoms with van der Waals surface area (Å²) in [5.41, 5.74) is 0.175. The largest absolute Gasteiger partial charge is 0.507 e. The number of fused-ring (bicyclic) bond motifs is 1. The monoisotopic (exact) mass is 414 g/mol. The third kappa shape index (κ3) is 3.56. The summed E-state index contributed by atoms with van der Waals surface area (Å²) in [5, 5.41) is 11.9. The highest BCUT2D eigenvalue weighted by Gasteiger charge is 2.32. The number of hydrogen-bond donors (Lipinski definition) is 1. The minimum Gasteiger partial charge on any atom is -0.507 e. The van der Waals surface area contributed by atoms with Crippen molar-refractivity contribution in [1.82, 2.24) is 9.21 Å². The Kier molecular flexibility index (Phi) is 4.97. The molecule has 1 aliphatic heterocycles. The van der Waals surface area contributed by atoms with Crippen molar-refractivity contribution in [3.8, 4) is 5.75 Å². The van der Waals surface area contributed by atoms with Crippen LogP contribution in [0.5, 0.6) is 5.75 Å². The molecule has 1 fully saturated rings. The topological polar surface area (TPSA) is 77.9 Å². The second-order valence-electron chi connectivity index (χ2n) is 6.84. The van der Waals surface area contributed by atoms with Crippen molar-refractivity contribution >= 4 is 26.7 Å². The normalized spacial score (nSPS) is 15.6. The summed E-state index contributed by atoms with van der Waals surface area (Å²) in [4.78, 5) is 14.0. The van der Waals surface area contributed by atoms with Crippen molar-refractivity contribution in [2.75, 3.05) is 26.2 Å². The predicted molar refractivity (Wildman–Crippen MR) is 107 cm³/mol. The second-order valence-corrected chi connectivity index (χ2v) is 8.75. The van der Waals surface area contributed by atoms with Crippen molar-refractivity contribution in [1.29, 1.82) is 0 Å². The fourth-order valence-electron chi connectivity index (χ4n) is 3.49. The first kappa shape index (κ1) is 19.4. The number of hydrogen-bond acceptors (Lipinski definition) is 4. The quantitative estimate of drug-likeness (QED) is 0.715. The number of aromatic hydroxyl groups is 1. The molecular formula is C21H19FN2O4S. The maximum atomic E-state index is 13.9. The van der Waals surface area contributed by atoms with Crippen molar-refractivity contribution in [2.45, 2.75) is 4.90 Å². The zero-order chi connectivity index (χ0) is 20.6. The zero-order valence-electron chi connectivity index (χ0n) is 15.5. The SMILES string of the molecule is O=C(c1cc2ccccc2cc1O)N1CCN(S(=O)(=O)c2ccccc2F)CC1. The lowest BCUT2D eigenvalue weighted by Crippen LogP contribution is -2.50. The van der Waals surface area contributed by atoms with E-state index in [-0.39, 0.29) is 48.3 Å². The molecular weight excluding hydrogens is 395 g/mol.